The van der Waals surface area contributed by atoms with Crippen molar-refractivity contribution in [2.75, 3.05) is 0 Å². The molecule has 1 aromatic carbocycles. The van der Waals surface area contributed by atoms with Crippen molar-refractivity contribution in [2.45, 2.75) is 13.3 Å². The summed E-state index contributed by atoms with van der Waals surface area (Å²) < 4.78 is 12.6. The Kier molecular flexibility index (Phi) is 5.72. The molecule has 0 atom stereocenters. The third kappa shape index (κ3) is 4.14. The Balaban J connectivity index is 0.000000791. The maximum Gasteiger partial charge on any atom is 0.226 e. The molecule has 0 spiro atoms. The van der Waals surface area contributed by atoms with Crippen molar-refractivity contribution in [2.24, 2.45) is 0 Å². The second-order valence-electron chi connectivity index (χ2n) is 2.60. The number of hydrogen-bond donors (Lipinski definition) is 0. The van der Waals surface area contributed by atoms with E-state index in [-0.39, 0.29) is 12.2 Å². The fraction of sp³-hybridized carbons (Fsp3) is 0.200. The lowest BCUT2D eigenvalue weighted by atomic mass is 10.1. The number of aryl methyl sites for hydroxylation is 1. The quantitative estimate of drug-likeness (QED) is 0.711. The van der Waals surface area contributed by atoms with Crippen molar-refractivity contribution in [3.8, 4) is 0 Å². The van der Waals surface area contributed by atoms with Gasteiger partial charge in [0.1, 0.15) is 12.6 Å². The van der Waals surface area contributed by atoms with Crippen molar-refractivity contribution in [3.05, 3.63) is 35.1 Å². The molecular weight excluding hydrogens is 207 g/mol. The Bertz CT molecular complexity index is 326. The Labute approximate surface area is 86.7 Å². The molecule has 2 nitrogen and oxygen atoms in total. The van der Waals surface area contributed by atoms with E-state index in [0.717, 1.165) is 11.1 Å². The minimum Gasteiger partial charge on any atom is -0.307 e. The molecule has 76 valence electrons. The number of halogens is 2. The first-order valence-electron chi connectivity index (χ1n) is 3.82. The van der Waals surface area contributed by atoms with Crippen molar-refractivity contribution in [1.82, 2.24) is 0 Å². The van der Waals surface area contributed by atoms with Crippen LogP contribution in [0.3, 0.4) is 0 Å². The summed E-state index contributed by atoms with van der Waals surface area (Å²) in [6.45, 7) is 3.75. The smallest absolute Gasteiger partial charge is 0.226 e. The molecule has 0 bridgehead atoms. The van der Waals surface area contributed by atoms with Crippen LogP contribution in [0.15, 0.2) is 18.2 Å². The molecule has 0 fully saturated rings. The van der Waals surface area contributed by atoms with Crippen LogP contribution in [-0.2, 0) is 16.0 Å². The monoisotopic (exact) mass is 216 g/mol. The Morgan fingerprint density at radius 2 is 2.07 bits per heavy atom. The van der Waals surface area contributed by atoms with Crippen LogP contribution in [-0.4, -0.2) is 12.0 Å². The van der Waals surface area contributed by atoms with E-state index in [0.29, 0.717) is 0 Å². The molecule has 1 rings (SSSR count). The van der Waals surface area contributed by atoms with Gasteiger partial charge in [-0.3, -0.25) is 4.79 Å². The molecule has 0 amide bonds. The average molecular weight is 217 g/mol. The maximum absolute atomic E-state index is 12.6. The fourth-order valence-corrected chi connectivity index (χ4v) is 1.15. The molecule has 0 saturated carbocycles. The zero-order valence-corrected chi connectivity index (χ0v) is 8.47. The van der Waals surface area contributed by atoms with E-state index in [2.05, 4.69) is 0 Å². The summed E-state index contributed by atoms with van der Waals surface area (Å²) in [6, 6.07) is 4.28. The number of carbonyl (C=O) groups excluding carboxylic acids is 2. The second-order valence-corrected chi connectivity index (χ2v) is 3.02. The predicted molar refractivity (Wildman–Crippen MR) is 52.8 cm³/mol. The van der Waals surface area contributed by atoms with Gasteiger partial charge in [-0.25, -0.2) is 4.39 Å². The van der Waals surface area contributed by atoms with Crippen molar-refractivity contribution in [3.63, 3.8) is 0 Å². The molecule has 0 aliphatic rings. The Morgan fingerprint density at radius 1 is 1.50 bits per heavy atom. The molecular formula is C10H10ClFO2. The number of carbonyl (C=O) groups is 2. The van der Waals surface area contributed by atoms with Crippen LogP contribution in [0, 0.1) is 12.7 Å². The summed E-state index contributed by atoms with van der Waals surface area (Å²) in [5.41, 5.74) is 1.53. The number of hydrogen-bond acceptors (Lipinski definition) is 2. The summed E-state index contributed by atoms with van der Waals surface area (Å²) in [6.07, 6.45) is 0.160. The van der Waals surface area contributed by atoms with E-state index < -0.39 is 5.24 Å². The van der Waals surface area contributed by atoms with Gasteiger partial charge in [-0.2, -0.15) is 0 Å². The first-order chi connectivity index (χ1) is 6.59. The summed E-state index contributed by atoms with van der Waals surface area (Å²) >= 11 is 5.19. The highest BCUT2D eigenvalue weighted by molar-refractivity contribution is 6.63. The zero-order chi connectivity index (χ0) is 11.1. The van der Waals surface area contributed by atoms with E-state index in [1.165, 1.54) is 12.1 Å². The second kappa shape index (κ2) is 6.27. The van der Waals surface area contributed by atoms with Gasteiger partial charge in [-0.15, -0.1) is 0 Å². The van der Waals surface area contributed by atoms with Crippen LogP contribution < -0.4 is 0 Å². The van der Waals surface area contributed by atoms with Gasteiger partial charge in [-0.1, -0.05) is 6.07 Å². The van der Waals surface area contributed by atoms with E-state index in [9.17, 15) is 9.18 Å². The molecule has 14 heavy (non-hydrogen) atoms. The van der Waals surface area contributed by atoms with Crippen molar-refractivity contribution in [1.29, 1.82) is 0 Å². The normalized spacial score (nSPS) is 8.79. The summed E-state index contributed by atoms with van der Waals surface area (Å²) in [5.74, 6) is -0.293. The van der Waals surface area contributed by atoms with E-state index in [4.69, 9.17) is 16.4 Å². The summed E-state index contributed by atoms with van der Waals surface area (Å²) in [4.78, 5) is 18.5. The van der Waals surface area contributed by atoms with Crippen molar-refractivity contribution >= 4 is 23.6 Å². The minimum absolute atomic E-state index is 0.160. The van der Waals surface area contributed by atoms with E-state index in [1.807, 2.05) is 6.79 Å². The molecule has 4 heteroatoms. The van der Waals surface area contributed by atoms with Crippen LogP contribution in [0.25, 0.3) is 0 Å². The molecule has 0 heterocycles. The maximum atomic E-state index is 12.6. The molecule has 0 aliphatic heterocycles. The van der Waals surface area contributed by atoms with Crippen LogP contribution in [0.1, 0.15) is 11.1 Å². The molecule has 0 unspecified atom stereocenters. The SMILES string of the molecule is C=O.Cc1cc(F)ccc1CC(=O)Cl. The van der Waals surface area contributed by atoms with Gasteiger partial charge < -0.3 is 4.79 Å². The van der Waals surface area contributed by atoms with Gasteiger partial charge in [0.25, 0.3) is 0 Å². The molecule has 0 aromatic heterocycles. The summed E-state index contributed by atoms with van der Waals surface area (Å²) in [7, 11) is 0. The standard InChI is InChI=1S/C9H8ClFO.CH2O/c1-6-4-8(11)3-2-7(6)5-9(10)12;1-2/h2-4H,5H2,1H3;1H2. The first kappa shape index (κ1) is 12.8. The zero-order valence-electron chi connectivity index (χ0n) is 7.72. The Hall–Kier alpha value is -1.22. The molecule has 0 radical (unpaired) electrons. The molecule has 0 N–H and O–H groups in total. The van der Waals surface area contributed by atoms with Gasteiger partial charge in [0, 0.05) is 6.42 Å². The van der Waals surface area contributed by atoms with Gasteiger partial charge in [-0.05, 0) is 41.8 Å². The largest absolute Gasteiger partial charge is 0.307 e. The van der Waals surface area contributed by atoms with E-state index in [1.54, 1.807) is 13.0 Å². The van der Waals surface area contributed by atoms with Crippen LogP contribution in [0.2, 0.25) is 0 Å². The lowest BCUT2D eigenvalue weighted by molar-refractivity contribution is -0.111. The third-order valence-electron chi connectivity index (χ3n) is 1.63. The number of benzene rings is 1. The summed E-state index contributed by atoms with van der Waals surface area (Å²) in [5, 5.41) is -0.426. The molecule has 1 aromatic rings. The third-order valence-corrected chi connectivity index (χ3v) is 1.77. The average Bonchev–Trinajstić information content (AvgIpc) is 2.13. The topological polar surface area (TPSA) is 34.1 Å². The highest BCUT2D eigenvalue weighted by atomic mass is 35.5. The van der Waals surface area contributed by atoms with Crippen LogP contribution in [0.4, 0.5) is 4.39 Å². The molecule has 0 aliphatic carbocycles. The number of rotatable bonds is 2. The molecule has 0 saturated heterocycles. The van der Waals surface area contributed by atoms with Gasteiger partial charge in [0.2, 0.25) is 5.24 Å². The highest BCUT2D eigenvalue weighted by Crippen LogP contribution is 2.11. The first-order valence-corrected chi connectivity index (χ1v) is 4.19. The van der Waals surface area contributed by atoms with Gasteiger partial charge in [0.05, 0.1) is 0 Å². The minimum atomic E-state index is -0.426. The Morgan fingerprint density at radius 3 is 2.50 bits per heavy atom. The predicted octanol–water partition coefficient (Wildman–Crippen LogP) is 2.26. The fourth-order valence-electron chi connectivity index (χ4n) is 1.01. The van der Waals surface area contributed by atoms with E-state index >= 15 is 0 Å². The van der Waals surface area contributed by atoms with Crippen molar-refractivity contribution < 1.29 is 14.0 Å². The lowest BCUT2D eigenvalue weighted by Crippen LogP contribution is -1.96. The van der Waals surface area contributed by atoms with Crippen LogP contribution in [0.5, 0.6) is 0 Å². The van der Waals surface area contributed by atoms with Gasteiger partial charge >= 0.3 is 0 Å². The van der Waals surface area contributed by atoms with Gasteiger partial charge in [0.15, 0.2) is 0 Å². The highest BCUT2D eigenvalue weighted by Gasteiger charge is 2.03. The van der Waals surface area contributed by atoms with Crippen LogP contribution >= 0.6 is 11.6 Å². The lowest BCUT2D eigenvalue weighted by Gasteiger charge is -2.01.